The molecule has 8 nitrogen and oxygen atoms in total. The highest BCUT2D eigenvalue weighted by molar-refractivity contribution is 6.21. The fraction of sp³-hybridized carbons (Fsp3) is 0.385. The number of esters is 1. The second-order valence-electron chi connectivity index (χ2n) is 8.67. The number of hydrogen-bond acceptors (Lipinski definition) is 6. The van der Waals surface area contributed by atoms with Gasteiger partial charge in [-0.1, -0.05) is 37.5 Å². The lowest BCUT2D eigenvalue weighted by atomic mass is 9.95. The van der Waals surface area contributed by atoms with E-state index < -0.39 is 12.1 Å². The van der Waals surface area contributed by atoms with Crippen molar-refractivity contribution >= 4 is 23.7 Å². The van der Waals surface area contributed by atoms with Gasteiger partial charge in [0.2, 0.25) is 0 Å². The smallest absolute Gasteiger partial charge is 0.342 e. The van der Waals surface area contributed by atoms with Gasteiger partial charge in [0.15, 0.2) is 6.10 Å². The maximum absolute atomic E-state index is 12.9. The first-order chi connectivity index (χ1) is 16.4. The highest BCUT2D eigenvalue weighted by Gasteiger charge is 2.35. The van der Waals surface area contributed by atoms with Crippen LogP contribution in [0.5, 0.6) is 5.75 Å². The first kappa shape index (κ1) is 23.5. The van der Waals surface area contributed by atoms with Crippen molar-refractivity contribution in [3.05, 3.63) is 64.7 Å². The standard InChI is InChI=1S/C26H28N2O6/c1-16(23(29)27-18-8-4-3-5-9-18)34-26(32)21-14-17(12-13-22(21)33-2)15-28-24(30)19-10-6-7-11-20(19)25(28)31/h6-7,10-14,16,18H,3-5,8-9,15H2,1-2H3,(H,27,29). The van der Waals surface area contributed by atoms with E-state index in [9.17, 15) is 19.2 Å². The van der Waals surface area contributed by atoms with Crippen LogP contribution in [0.4, 0.5) is 0 Å². The highest BCUT2D eigenvalue weighted by atomic mass is 16.5. The van der Waals surface area contributed by atoms with E-state index in [1.54, 1.807) is 36.4 Å². The van der Waals surface area contributed by atoms with Gasteiger partial charge >= 0.3 is 5.97 Å². The van der Waals surface area contributed by atoms with Crippen LogP contribution in [-0.2, 0) is 16.1 Å². The zero-order chi connectivity index (χ0) is 24.2. The Bertz CT molecular complexity index is 1090. The molecule has 1 aliphatic heterocycles. The number of carbonyl (C=O) groups is 4. The lowest BCUT2D eigenvalue weighted by molar-refractivity contribution is -0.130. The van der Waals surface area contributed by atoms with Crippen LogP contribution >= 0.6 is 0 Å². The molecule has 1 saturated carbocycles. The molecule has 3 amide bonds. The molecule has 2 aromatic rings. The molecule has 2 aromatic carbocycles. The van der Waals surface area contributed by atoms with Gasteiger partial charge in [-0.3, -0.25) is 19.3 Å². The van der Waals surface area contributed by atoms with E-state index in [0.29, 0.717) is 16.7 Å². The van der Waals surface area contributed by atoms with Crippen LogP contribution in [0.15, 0.2) is 42.5 Å². The monoisotopic (exact) mass is 464 g/mol. The van der Waals surface area contributed by atoms with Crippen LogP contribution in [0.1, 0.15) is 75.7 Å². The Kier molecular flexibility index (Phi) is 6.95. The number of nitrogens with one attached hydrogen (secondary N) is 1. The number of rotatable bonds is 7. The predicted molar refractivity (Wildman–Crippen MR) is 124 cm³/mol. The van der Waals surface area contributed by atoms with Crippen molar-refractivity contribution in [2.45, 2.75) is 57.7 Å². The molecule has 178 valence electrons. The number of ether oxygens (including phenoxy) is 2. The summed E-state index contributed by atoms with van der Waals surface area (Å²) in [4.78, 5) is 51.9. The number of nitrogens with zero attached hydrogens (tertiary/aromatic N) is 1. The first-order valence-electron chi connectivity index (χ1n) is 11.5. The fourth-order valence-electron chi connectivity index (χ4n) is 4.42. The Morgan fingerprint density at radius 1 is 1.03 bits per heavy atom. The maximum atomic E-state index is 12.9. The van der Waals surface area contributed by atoms with Gasteiger partial charge in [0, 0.05) is 6.04 Å². The van der Waals surface area contributed by atoms with Gasteiger partial charge in [-0.2, -0.15) is 0 Å². The zero-order valence-corrected chi connectivity index (χ0v) is 19.3. The number of carbonyl (C=O) groups excluding carboxylic acids is 4. The van der Waals surface area contributed by atoms with Crippen molar-refractivity contribution in [2.75, 3.05) is 7.11 Å². The van der Waals surface area contributed by atoms with Crippen LogP contribution in [0.25, 0.3) is 0 Å². The molecule has 1 aliphatic carbocycles. The lowest BCUT2D eigenvalue weighted by Gasteiger charge is -2.24. The van der Waals surface area contributed by atoms with Crippen molar-refractivity contribution in [3.63, 3.8) is 0 Å². The van der Waals surface area contributed by atoms with Crippen molar-refractivity contribution in [1.29, 1.82) is 0 Å². The Balaban J connectivity index is 1.46. The summed E-state index contributed by atoms with van der Waals surface area (Å²) >= 11 is 0. The van der Waals surface area contributed by atoms with Gasteiger partial charge in [-0.05, 0) is 49.6 Å². The minimum atomic E-state index is -0.973. The second-order valence-corrected chi connectivity index (χ2v) is 8.67. The van der Waals surface area contributed by atoms with E-state index in [1.165, 1.54) is 26.5 Å². The fourth-order valence-corrected chi connectivity index (χ4v) is 4.42. The molecule has 0 bridgehead atoms. The summed E-state index contributed by atoms with van der Waals surface area (Å²) in [7, 11) is 1.43. The summed E-state index contributed by atoms with van der Waals surface area (Å²) in [5.41, 5.74) is 1.40. The topological polar surface area (TPSA) is 102 Å². The predicted octanol–water partition coefficient (Wildman–Crippen LogP) is 3.49. The molecule has 0 saturated heterocycles. The number of methoxy groups -OCH3 is 1. The van der Waals surface area contributed by atoms with Crippen molar-refractivity contribution in [1.82, 2.24) is 10.2 Å². The second kappa shape index (κ2) is 10.1. The molecule has 0 spiro atoms. The molecule has 2 aliphatic rings. The van der Waals surface area contributed by atoms with Crippen LogP contribution in [0.3, 0.4) is 0 Å². The van der Waals surface area contributed by atoms with Crippen molar-refractivity contribution in [2.24, 2.45) is 0 Å². The van der Waals surface area contributed by atoms with Crippen LogP contribution in [0.2, 0.25) is 0 Å². The largest absolute Gasteiger partial charge is 0.496 e. The SMILES string of the molecule is COc1ccc(CN2C(=O)c3ccccc3C2=O)cc1C(=O)OC(C)C(=O)NC1CCCCC1. The van der Waals surface area contributed by atoms with E-state index in [0.717, 1.165) is 30.6 Å². The maximum Gasteiger partial charge on any atom is 0.342 e. The molecule has 4 rings (SSSR count). The van der Waals surface area contributed by atoms with Crippen LogP contribution in [0, 0.1) is 0 Å². The molecular formula is C26H28N2O6. The van der Waals surface area contributed by atoms with Gasteiger partial charge in [0.25, 0.3) is 17.7 Å². The molecule has 1 unspecified atom stereocenters. The molecule has 8 heteroatoms. The summed E-state index contributed by atoms with van der Waals surface area (Å²) in [6.45, 7) is 1.53. The third-order valence-corrected chi connectivity index (χ3v) is 6.31. The average Bonchev–Trinajstić information content (AvgIpc) is 3.09. The molecular weight excluding hydrogens is 436 g/mol. The summed E-state index contributed by atoms with van der Waals surface area (Å²) in [6, 6.07) is 11.5. The number of benzene rings is 2. The number of amides is 3. The highest BCUT2D eigenvalue weighted by Crippen LogP contribution is 2.27. The number of imide groups is 1. The quantitative estimate of drug-likeness (QED) is 0.497. The Hall–Kier alpha value is -3.68. The van der Waals surface area contributed by atoms with Gasteiger partial charge in [0.05, 0.1) is 24.8 Å². The molecule has 1 atom stereocenters. The minimum Gasteiger partial charge on any atom is -0.496 e. The first-order valence-corrected chi connectivity index (χ1v) is 11.5. The van der Waals surface area contributed by atoms with E-state index in [-0.39, 0.29) is 41.6 Å². The molecule has 1 N–H and O–H groups in total. The van der Waals surface area contributed by atoms with Crippen LogP contribution < -0.4 is 10.1 Å². The Labute approximate surface area is 198 Å². The summed E-state index contributed by atoms with van der Waals surface area (Å²) in [6.07, 6.45) is 4.22. The van der Waals surface area contributed by atoms with E-state index >= 15 is 0 Å². The van der Waals surface area contributed by atoms with Crippen LogP contribution in [-0.4, -0.2) is 47.8 Å². The average molecular weight is 465 g/mol. The molecule has 34 heavy (non-hydrogen) atoms. The Morgan fingerprint density at radius 2 is 1.68 bits per heavy atom. The van der Waals surface area contributed by atoms with E-state index in [2.05, 4.69) is 5.32 Å². The number of hydrogen-bond donors (Lipinski definition) is 1. The normalized spacial score (nSPS) is 16.7. The summed E-state index contributed by atoms with van der Waals surface area (Å²) in [5.74, 6) is -1.54. The molecule has 1 fully saturated rings. The zero-order valence-electron chi connectivity index (χ0n) is 19.3. The third kappa shape index (κ3) is 4.81. The minimum absolute atomic E-state index is 0.00561. The van der Waals surface area contributed by atoms with Crippen molar-refractivity contribution in [3.8, 4) is 5.75 Å². The molecule has 0 radical (unpaired) electrons. The lowest BCUT2D eigenvalue weighted by Crippen LogP contribution is -2.42. The van der Waals surface area contributed by atoms with Gasteiger partial charge in [-0.15, -0.1) is 0 Å². The summed E-state index contributed by atoms with van der Waals surface area (Å²) < 4.78 is 10.7. The van der Waals surface area contributed by atoms with E-state index in [4.69, 9.17) is 9.47 Å². The van der Waals surface area contributed by atoms with Crippen molar-refractivity contribution < 1.29 is 28.7 Å². The molecule has 0 aromatic heterocycles. The van der Waals surface area contributed by atoms with Gasteiger partial charge in [-0.25, -0.2) is 4.79 Å². The Morgan fingerprint density at radius 3 is 2.29 bits per heavy atom. The van der Waals surface area contributed by atoms with Gasteiger partial charge in [0.1, 0.15) is 11.3 Å². The molecule has 1 heterocycles. The van der Waals surface area contributed by atoms with E-state index in [1.807, 2.05) is 0 Å². The third-order valence-electron chi connectivity index (χ3n) is 6.31. The van der Waals surface area contributed by atoms with Gasteiger partial charge < -0.3 is 14.8 Å². The summed E-state index contributed by atoms with van der Waals surface area (Å²) in [5, 5.41) is 2.95. The number of fused-ring (bicyclic) bond motifs is 1.